The van der Waals surface area contributed by atoms with E-state index in [1.807, 2.05) is 12.1 Å². The van der Waals surface area contributed by atoms with Gasteiger partial charge < -0.3 is 9.67 Å². The van der Waals surface area contributed by atoms with Crippen molar-refractivity contribution in [2.45, 2.75) is 24.6 Å². The Morgan fingerprint density at radius 1 is 1.16 bits per heavy atom. The number of aliphatic carboxylic acids is 1. The molecule has 0 saturated heterocycles. The smallest absolute Gasteiger partial charge is 0.324 e. The molecule has 0 radical (unpaired) electrons. The molecule has 3 rings (SSSR count). The molecule has 0 aliphatic rings. The summed E-state index contributed by atoms with van der Waals surface area (Å²) in [6.07, 6.45) is 3.08. The summed E-state index contributed by atoms with van der Waals surface area (Å²) in [7, 11) is -3.95. The minimum Gasteiger partial charge on any atom is -0.480 e. The number of carbonyl (C=O) groups is 1. The molecule has 1 atom stereocenters. The quantitative estimate of drug-likeness (QED) is 0.601. The van der Waals surface area contributed by atoms with Crippen molar-refractivity contribution in [1.82, 2.24) is 9.55 Å². The molecule has 1 aromatic carbocycles. The molecule has 0 spiro atoms. The van der Waals surface area contributed by atoms with Crippen molar-refractivity contribution in [2.24, 2.45) is 0 Å². The van der Waals surface area contributed by atoms with E-state index in [2.05, 4.69) is 4.98 Å². The predicted octanol–water partition coefficient (Wildman–Crippen LogP) is 2.99. The highest BCUT2D eigenvalue weighted by Crippen LogP contribution is 2.26. The van der Waals surface area contributed by atoms with E-state index in [1.165, 1.54) is 0 Å². The molecule has 2 aromatic heterocycles. The van der Waals surface area contributed by atoms with Gasteiger partial charge in [-0.2, -0.15) is 0 Å². The third kappa shape index (κ3) is 4.56. The largest absolute Gasteiger partial charge is 0.480 e. The van der Waals surface area contributed by atoms with Gasteiger partial charge >= 0.3 is 5.97 Å². The number of halogens is 1. The zero-order valence-corrected chi connectivity index (χ0v) is 17.8. The summed E-state index contributed by atoms with van der Waals surface area (Å²) in [6.45, 7) is 0.814. The van der Waals surface area contributed by atoms with Gasteiger partial charge in [0.05, 0.1) is 5.69 Å². The number of benzene rings is 1. The number of pyridine rings is 2. The third-order valence-electron chi connectivity index (χ3n) is 5.33. The van der Waals surface area contributed by atoms with Crippen molar-refractivity contribution < 1.29 is 22.7 Å². The van der Waals surface area contributed by atoms with Crippen LogP contribution in [0.4, 0.5) is 4.39 Å². The minimum atomic E-state index is -3.95. The number of hydrogen-bond donors (Lipinski definition) is 1. The van der Waals surface area contributed by atoms with E-state index < -0.39 is 31.9 Å². The highest BCUT2D eigenvalue weighted by Gasteiger charge is 2.43. The maximum absolute atomic E-state index is 14.7. The Morgan fingerprint density at radius 2 is 1.81 bits per heavy atom. The normalized spacial score (nSPS) is 13.5. The average molecular weight is 444 g/mol. The van der Waals surface area contributed by atoms with Crippen LogP contribution in [0.3, 0.4) is 0 Å². The number of rotatable bonds is 7. The van der Waals surface area contributed by atoms with Crippen molar-refractivity contribution in [1.29, 1.82) is 0 Å². The van der Waals surface area contributed by atoms with E-state index in [4.69, 9.17) is 0 Å². The molecule has 9 heteroatoms. The monoisotopic (exact) mass is 444 g/mol. The summed E-state index contributed by atoms with van der Waals surface area (Å²) in [6, 6.07) is 13.5. The summed E-state index contributed by atoms with van der Waals surface area (Å²) in [5.74, 6) is -2.20. The van der Waals surface area contributed by atoms with Gasteiger partial charge in [0.2, 0.25) is 0 Å². The first kappa shape index (κ1) is 22.4. The first-order chi connectivity index (χ1) is 14.5. The lowest BCUT2D eigenvalue weighted by Gasteiger charge is -2.23. The van der Waals surface area contributed by atoms with Crippen LogP contribution < -0.4 is 5.56 Å². The number of aromatic nitrogens is 2. The molecule has 2 heterocycles. The molecule has 3 aromatic rings. The predicted molar refractivity (Wildman–Crippen MR) is 115 cm³/mol. The summed E-state index contributed by atoms with van der Waals surface area (Å²) in [4.78, 5) is 28.2. The van der Waals surface area contributed by atoms with Crippen LogP contribution in [0, 0.1) is 5.82 Å². The summed E-state index contributed by atoms with van der Waals surface area (Å²) in [5.41, 5.74) is 1.63. The second-order valence-electron chi connectivity index (χ2n) is 7.42. The van der Waals surface area contributed by atoms with Crippen molar-refractivity contribution in [3.8, 4) is 22.4 Å². The fourth-order valence-electron chi connectivity index (χ4n) is 3.08. The molecule has 0 amide bonds. The van der Waals surface area contributed by atoms with Gasteiger partial charge in [-0.3, -0.25) is 14.6 Å². The molecular weight excluding hydrogens is 423 g/mol. The standard InChI is InChI=1S/C22H21FN2O5S/c1-22(21(27)28,31(2,29)30)10-12-25-14-18(23)17(13-20(25)26)15-6-8-16(9-7-15)19-5-3-4-11-24-19/h3-9,11,13-14H,10,12H2,1-2H3,(H,27,28)/t22-/m1/s1. The molecule has 0 aliphatic heterocycles. The van der Waals surface area contributed by atoms with Gasteiger partial charge in [-0.15, -0.1) is 0 Å². The Labute approximate surface area is 178 Å². The van der Waals surface area contributed by atoms with Gasteiger partial charge in [0.1, 0.15) is 5.82 Å². The second-order valence-corrected chi connectivity index (χ2v) is 9.86. The maximum Gasteiger partial charge on any atom is 0.324 e. The first-order valence-electron chi connectivity index (χ1n) is 9.38. The number of carboxylic acid groups (broad SMARTS) is 1. The Bertz CT molecular complexity index is 1270. The van der Waals surface area contributed by atoms with Crippen molar-refractivity contribution >= 4 is 15.8 Å². The van der Waals surface area contributed by atoms with Crippen LogP contribution in [0.2, 0.25) is 0 Å². The molecule has 31 heavy (non-hydrogen) atoms. The van der Waals surface area contributed by atoms with Crippen molar-refractivity contribution in [3.63, 3.8) is 0 Å². The Hall–Kier alpha value is -3.33. The van der Waals surface area contributed by atoms with Gasteiger partial charge in [-0.05, 0) is 31.0 Å². The zero-order chi connectivity index (χ0) is 22.8. The van der Waals surface area contributed by atoms with E-state index >= 15 is 0 Å². The fraction of sp³-hybridized carbons (Fsp3) is 0.227. The van der Waals surface area contributed by atoms with Gasteiger partial charge in [-0.1, -0.05) is 30.3 Å². The van der Waals surface area contributed by atoms with E-state index in [9.17, 15) is 27.5 Å². The van der Waals surface area contributed by atoms with Crippen LogP contribution in [-0.2, 0) is 21.2 Å². The molecule has 0 unspecified atom stereocenters. The maximum atomic E-state index is 14.7. The third-order valence-corrected chi connectivity index (χ3v) is 7.35. The topological polar surface area (TPSA) is 106 Å². The minimum absolute atomic E-state index is 0.0953. The summed E-state index contributed by atoms with van der Waals surface area (Å²) < 4.78 is 37.4. The Morgan fingerprint density at radius 3 is 2.35 bits per heavy atom. The highest BCUT2D eigenvalue weighted by atomic mass is 32.2. The van der Waals surface area contributed by atoms with Crippen LogP contribution in [0.1, 0.15) is 13.3 Å². The van der Waals surface area contributed by atoms with Crippen molar-refractivity contribution in [2.75, 3.05) is 6.26 Å². The van der Waals surface area contributed by atoms with Gasteiger partial charge in [-0.25, -0.2) is 12.8 Å². The number of hydrogen-bond acceptors (Lipinski definition) is 5. The van der Waals surface area contributed by atoms with E-state index in [0.717, 1.165) is 41.3 Å². The van der Waals surface area contributed by atoms with E-state index in [-0.39, 0.29) is 18.5 Å². The molecule has 162 valence electrons. The fourth-order valence-corrected chi connectivity index (χ4v) is 3.86. The van der Waals surface area contributed by atoms with Gasteiger partial charge in [0, 0.05) is 42.4 Å². The van der Waals surface area contributed by atoms with E-state index in [0.29, 0.717) is 5.56 Å². The molecule has 1 N–H and O–H groups in total. The molecule has 0 bridgehead atoms. The lowest BCUT2D eigenvalue weighted by molar-refractivity contribution is -0.139. The lowest BCUT2D eigenvalue weighted by atomic mass is 10.0. The molecule has 0 aliphatic carbocycles. The molecule has 7 nitrogen and oxygen atoms in total. The zero-order valence-electron chi connectivity index (χ0n) is 16.9. The number of nitrogens with zero attached hydrogens (tertiary/aromatic N) is 2. The van der Waals surface area contributed by atoms with Crippen LogP contribution in [0.15, 0.2) is 65.7 Å². The molecular formula is C22H21FN2O5S. The Kier molecular flexibility index (Phi) is 6.08. The highest BCUT2D eigenvalue weighted by molar-refractivity contribution is 7.92. The molecule has 0 saturated carbocycles. The summed E-state index contributed by atoms with van der Waals surface area (Å²) >= 11 is 0. The summed E-state index contributed by atoms with van der Waals surface area (Å²) in [5, 5.41) is 9.32. The number of sulfone groups is 1. The van der Waals surface area contributed by atoms with Gasteiger partial charge in [0.25, 0.3) is 5.56 Å². The van der Waals surface area contributed by atoms with Gasteiger partial charge in [0.15, 0.2) is 14.6 Å². The first-order valence-corrected chi connectivity index (χ1v) is 11.3. The average Bonchev–Trinajstić information content (AvgIpc) is 2.73. The number of carboxylic acids is 1. The van der Waals surface area contributed by atoms with Crippen LogP contribution >= 0.6 is 0 Å². The van der Waals surface area contributed by atoms with Crippen molar-refractivity contribution in [3.05, 3.63) is 77.1 Å². The second kappa shape index (κ2) is 8.43. The van der Waals surface area contributed by atoms with E-state index in [1.54, 1.807) is 36.5 Å². The Balaban J connectivity index is 1.87. The lowest BCUT2D eigenvalue weighted by Crippen LogP contribution is -2.44. The van der Waals surface area contributed by atoms with Crippen LogP contribution in [0.5, 0.6) is 0 Å². The van der Waals surface area contributed by atoms with Crippen LogP contribution in [0.25, 0.3) is 22.4 Å². The number of aryl methyl sites for hydroxylation is 1. The molecule has 0 fully saturated rings. The van der Waals surface area contributed by atoms with Crippen LogP contribution in [-0.4, -0.2) is 40.0 Å². The SMILES string of the molecule is C[C@@](CCn1cc(F)c(-c2ccc(-c3ccccn3)cc2)cc1=O)(C(=O)O)S(C)(=O)=O.